The molecule has 238 valence electrons. The summed E-state index contributed by atoms with van der Waals surface area (Å²) < 4.78 is 6.06. The van der Waals surface area contributed by atoms with E-state index in [9.17, 15) is 19.8 Å². The largest absolute Gasteiger partial charge is 0.481 e. The quantitative estimate of drug-likeness (QED) is 0.176. The second-order valence-electron chi connectivity index (χ2n) is 12.3. The Balaban J connectivity index is 1.52. The third kappa shape index (κ3) is 7.43. The molecule has 0 amide bonds. The average molecular weight is 631 g/mol. The topological polar surface area (TPSA) is 99.1 Å². The van der Waals surface area contributed by atoms with Gasteiger partial charge >= 0.3 is 11.9 Å². The monoisotopic (exact) mass is 630 g/mol. The highest BCUT2D eigenvalue weighted by Crippen LogP contribution is 2.52. The first-order chi connectivity index (χ1) is 21.8. The van der Waals surface area contributed by atoms with Crippen LogP contribution in [0, 0.1) is 5.41 Å². The highest BCUT2D eigenvalue weighted by Gasteiger charge is 2.56. The summed E-state index contributed by atoms with van der Waals surface area (Å²) in [6.07, 6.45) is 4.34. The Morgan fingerprint density at radius 1 is 0.956 bits per heavy atom. The molecule has 3 aromatic rings. The van der Waals surface area contributed by atoms with E-state index in [1.165, 1.54) is 19.3 Å². The van der Waals surface area contributed by atoms with Crippen LogP contribution in [0.2, 0.25) is 5.02 Å². The van der Waals surface area contributed by atoms with Crippen LogP contribution in [0.5, 0.6) is 0 Å². The molecule has 0 aromatic heterocycles. The number of carbonyl (C=O) groups is 2. The van der Waals surface area contributed by atoms with Gasteiger partial charge in [-0.1, -0.05) is 90.8 Å². The minimum Gasteiger partial charge on any atom is -0.481 e. The number of aliphatic carboxylic acids is 2. The lowest BCUT2D eigenvalue weighted by atomic mass is 9.59. The van der Waals surface area contributed by atoms with E-state index in [2.05, 4.69) is 34.5 Å². The van der Waals surface area contributed by atoms with E-state index < -0.39 is 29.3 Å². The van der Waals surface area contributed by atoms with Crippen LogP contribution < -0.4 is 5.32 Å². The van der Waals surface area contributed by atoms with Gasteiger partial charge in [-0.05, 0) is 74.5 Å². The molecule has 1 fully saturated rings. The Bertz CT molecular complexity index is 1430. The van der Waals surface area contributed by atoms with Gasteiger partial charge in [0.15, 0.2) is 0 Å². The Kier molecular flexibility index (Phi) is 11.0. The molecule has 1 saturated heterocycles. The van der Waals surface area contributed by atoms with Crippen molar-refractivity contribution in [2.45, 2.75) is 56.9 Å². The summed E-state index contributed by atoms with van der Waals surface area (Å²) >= 11 is 6.44. The van der Waals surface area contributed by atoms with E-state index >= 15 is 0 Å². The summed E-state index contributed by atoms with van der Waals surface area (Å²) in [5, 5.41) is 25.6. The number of likely N-dealkylation sites (tertiary alicyclic amines) is 1. The van der Waals surface area contributed by atoms with Gasteiger partial charge in [-0.3, -0.25) is 4.79 Å². The lowest BCUT2D eigenvalue weighted by molar-refractivity contribution is -0.153. The molecule has 0 radical (unpaired) electrons. The highest BCUT2D eigenvalue weighted by atomic mass is 35.5. The van der Waals surface area contributed by atoms with Gasteiger partial charge < -0.3 is 25.2 Å². The van der Waals surface area contributed by atoms with Crippen molar-refractivity contribution in [1.29, 1.82) is 0 Å². The Hall–Kier alpha value is -3.65. The fraction of sp³-hybridized carbons (Fsp3) is 0.405. The molecule has 2 aliphatic heterocycles. The van der Waals surface area contributed by atoms with Crippen molar-refractivity contribution < 1.29 is 24.5 Å². The first-order valence-corrected chi connectivity index (χ1v) is 16.3. The second kappa shape index (κ2) is 15.1. The summed E-state index contributed by atoms with van der Waals surface area (Å²) in [7, 11) is 0. The molecular weight excluding hydrogens is 588 g/mol. The van der Waals surface area contributed by atoms with Gasteiger partial charge in [-0.15, -0.1) is 0 Å². The molecule has 2 aliphatic rings. The van der Waals surface area contributed by atoms with Crippen LogP contribution in [0.1, 0.15) is 67.6 Å². The molecule has 2 heterocycles. The van der Waals surface area contributed by atoms with Crippen molar-refractivity contribution in [2.24, 2.45) is 5.41 Å². The number of hydrogen-bond donors (Lipinski definition) is 3. The maximum atomic E-state index is 13.6. The molecule has 0 saturated carbocycles. The number of nitrogens with zero attached hydrogens (tertiary/aromatic N) is 1. The van der Waals surface area contributed by atoms with Crippen LogP contribution in [-0.4, -0.2) is 65.9 Å². The molecule has 5 rings (SSSR count). The number of halogens is 1. The van der Waals surface area contributed by atoms with Crippen LogP contribution in [0.4, 0.5) is 0 Å². The third-order valence-electron chi connectivity index (χ3n) is 9.60. The van der Waals surface area contributed by atoms with Crippen molar-refractivity contribution in [3.8, 4) is 0 Å². The zero-order chi connectivity index (χ0) is 31.8. The van der Waals surface area contributed by atoms with Gasteiger partial charge in [0, 0.05) is 35.1 Å². The zero-order valence-electron chi connectivity index (χ0n) is 25.8. The summed E-state index contributed by atoms with van der Waals surface area (Å²) in [6, 6.07) is 26.5. The van der Waals surface area contributed by atoms with Crippen molar-refractivity contribution in [2.75, 3.05) is 32.8 Å². The predicted molar refractivity (Wildman–Crippen MR) is 177 cm³/mol. The number of nitrogens with one attached hydrogen (secondary N) is 1. The number of ether oxygens (including phenoxy) is 1. The maximum absolute atomic E-state index is 13.6. The Morgan fingerprint density at radius 2 is 1.60 bits per heavy atom. The lowest BCUT2D eigenvalue weighted by Gasteiger charge is -2.48. The van der Waals surface area contributed by atoms with Gasteiger partial charge in [0.25, 0.3) is 0 Å². The molecule has 0 bridgehead atoms. The Morgan fingerprint density at radius 3 is 2.18 bits per heavy atom. The van der Waals surface area contributed by atoms with Gasteiger partial charge in [0.2, 0.25) is 0 Å². The normalized spacial score (nSPS) is 22.3. The van der Waals surface area contributed by atoms with E-state index in [4.69, 9.17) is 16.3 Å². The number of piperidine rings is 1. The van der Waals surface area contributed by atoms with Crippen molar-refractivity contribution in [3.05, 3.63) is 118 Å². The molecule has 45 heavy (non-hydrogen) atoms. The summed E-state index contributed by atoms with van der Waals surface area (Å²) in [5.41, 5.74) is 1.67. The fourth-order valence-electron chi connectivity index (χ4n) is 7.28. The lowest BCUT2D eigenvalue weighted by Crippen LogP contribution is -2.57. The SMILES string of the molecule is CC1NC(COCCN2CCCCC2)=C(C(=O)O)C(c2cccc(Cl)c2)C1(CCC(c1ccccc1)c1ccccc1)C(=O)O. The first-order valence-electron chi connectivity index (χ1n) is 15.9. The van der Waals surface area contributed by atoms with Gasteiger partial charge in [0.05, 0.1) is 24.2 Å². The third-order valence-corrected chi connectivity index (χ3v) is 9.84. The molecule has 0 aliphatic carbocycles. The summed E-state index contributed by atoms with van der Waals surface area (Å²) in [5.74, 6) is -3.25. The van der Waals surface area contributed by atoms with Crippen LogP contribution in [0.25, 0.3) is 0 Å². The van der Waals surface area contributed by atoms with E-state index in [0.717, 1.165) is 30.8 Å². The number of hydrogen-bond acceptors (Lipinski definition) is 5. The van der Waals surface area contributed by atoms with E-state index in [1.54, 1.807) is 24.3 Å². The highest BCUT2D eigenvalue weighted by molar-refractivity contribution is 6.30. The smallest absolute Gasteiger partial charge is 0.334 e. The molecule has 3 N–H and O–H groups in total. The number of carboxylic acids is 2. The standard InChI is InChI=1S/C37H43ClN2O5/c1-26-37(36(43)44,19-18-31(27-12-5-2-6-13-27)28-14-7-3-8-15-28)34(29-16-11-17-30(38)24-29)33(35(41)42)32(39-26)25-45-23-22-40-20-9-4-10-21-40/h2-3,5-8,11-17,24,26,31,34,39H,4,9-10,18-23,25H2,1H3,(H,41,42)(H,43,44). The first kappa shape index (κ1) is 32.7. The molecular formula is C37H43ClN2O5. The second-order valence-corrected chi connectivity index (χ2v) is 12.7. The summed E-state index contributed by atoms with van der Waals surface area (Å²) in [6.45, 7) is 5.25. The Labute approximate surface area is 270 Å². The van der Waals surface area contributed by atoms with Crippen LogP contribution in [-0.2, 0) is 14.3 Å². The molecule has 3 atom stereocenters. The minimum absolute atomic E-state index is 0.0201. The zero-order valence-corrected chi connectivity index (χ0v) is 26.6. The van der Waals surface area contributed by atoms with E-state index in [0.29, 0.717) is 29.3 Å². The molecule has 3 aromatic carbocycles. The molecule has 8 heteroatoms. The number of rotatable bonds is 13. The van der Waals surface area contributed by atoms with Crippen LogP contribution >= 0.6 is 11.6 Å². The van der Waals surface area contributed by atoms with Crippen molar-refractivity contribution in [3.63, 3.8) is 0 Å². The van der Waals surface area contributed by atoms with Crippen LogP contribution in [0.15, 0.2) is 96.2 Å². The maximum Gasteiger partial charge on any atom is 0.334 e. The number of benzene rings is 3. The van der Waals surface area contributed by atoms with Gasteiger partial charge in [0.1, 0.15) is 0 Å². The van der Waals surface area contributed by atoms with Crippen molar-refractivity contribution >= 4 is 23.5 Å². The predicted octanol–water partition coefficient (Wildman–Crippen LogP) is 6.94. The minimum atomic E-state index is -1.49. The molecule has 7 nitrogen and oxygen atoms in total. The van der Waals surface area contributed by atoms with Gasteiger partial charge in [-0.2, -0.15) is 0 Å². The van der Waals surface area contributed by atoms with Crippen LogP contribution in [0.3, 0.4) is 0 Å². The van der Waals surface area contributed by atoms with E-state index in [-0.39, 0.29) is 24.5 Å². The van der Waals surface area contributed by atoms with Gasteiger partial charge in [-0.25, -0.2) is 4.79 Å². The number of carboxylic acid groups (broad SMARTS) is 2. The molecule has 0 spiro atoms. The fourth-order valence-corrected chi connectivity index (χ4v) is 7.48. The molecule has 3 unspecified atom stereocenters. The van der Waals surface area contributed by atoms with E-state index in [1.807, 2.05) is 43.3 Å². The average Bonchev–Trinajstić information content (AvgIpc) is 3.05. The summed E-state index contributed by atoms with van der Waals surface area (Å²) in [4.78, 5) is 29.1. The van der Waals surface area contributed by atoms with Crippen molar-refractivity contribution in [1.82, 2.24) is 10.2 Å².